The summed E-state index contributed by atoms with van der Waals surface area (Å²) in [7, 11) is 2.26. The fraction of sp³-hybridized carbons (Fsp3) is 0.750. The quantitative estimate of drug-likeness (QED) is 0.520. The van der Waals surface area contributed by atoms with Gasteiger partial charge in [0.15, 0.2) is 0 Å². The Kier molecular flexibility index (Phi) is 4.34. The van der Waals surface area contributed by atoms with Gasteiger partial charge in [-0.2, -0.15) is 12.7 Å². The lowest BCUT2D eigenvalue weighted by molar-refractivity contribution is -0.147. The van der Waals surface area contributed by atoms with Gasteiger partial charge in [0.2, 0.25) is 0 Å². The van der Waals surface area contributed by atoms with Gasteiger partial charge >= 0.3 is 21.2 Å². The Morgan fingerprint density at radius 3 is 2.41 bits per heavy atom. The molecule has 1 aliphatic heterocycles. The van der Waals surface area contributed by atoms with Crippen LogP contribution in [0.5, 0.6) is 0 Å². The van der Waals surface area contributed by atoms with Gasteiger partial charge in [-0.05, 0) is 0 Å². The lowest BCUT2D eigenvalue weighted by Gasteiger charge is -2.17. The molecule has 0 aromatic carbocycles. The Morgan fingerprint density at radius 1 is 1.41 bits per heavy atom. The summed E-state index contributed by atoms with van der Waals surface area (Å²) in [5, 5.41) is 0. The normalized spacial score (nSPS) is 25.6. The van der Waals surface area contributed by atoms with Crippen LogP contribution < -0.4 is 0 Å². The Labute approximate surface area is 103 Å². The molecule has 0 bridgehead atoms. The molecular formula is C8H12ClNO6S. The Hall–Kier alpha value is -0.860. The van der Waals surface area contributed by atoms with E-state index >= 15 is 0 Å². The van der Waals surface area contributed by atoms with Crippen LogP contribution in [0.1, 0.15) is 13.3 Å². The predicted molar refractivity (Wildman–Crippen MR) is 57.5 cm³/mol. The van der Waals surface area contributed by atoms with Gasteiger partial charge in [0.25, 0.3) is 0 Å². The van der Waals surface area contributed by atoms with Crippen LogP contribution in [0.15, 0.2) is 0 Å². The van der Waals surface area contributed by atoms with Crippen molar-refractivity contribution in [2.24, 2.45) is 0 Å². The zero-order valence-electron chi connectivity index (χ0n) is 9.25. The maximum Gasteiger partial charge on any atom is 0.324 e. The molecule has 0 aromatic rings. The van der Waals surface area contributed by atoms with E-state index in [1.807, 2.05) is 0 Å². The molecule has 0 spiro atoms. The molecule has 1 heterocycles. The highest BCUT2D eigenvalue weighted by molar-refractivity contribution is 8.11. The van der Waals surface area contributed by atoms with E-state index in [0.717, 1.165) is 11.4 Å². The molecule has 0 aromatic heterocycles. The summed E-state index contributed by atoms with van der Waals surface area (Å²) in [5.41, 5.74) is 0. The molecule has 0 amide bonds. The largest absolute Gasteiger partial charge is 0.468 e. The minimum absolute atomic E-state index is 0.0399. The van der Waals surface area contributed by atoms with Crippen molar-refractivity contribution < 1.29 is 27.5 Å². The first kappa shape index (κ1) is 14.2. The standard InChI is InChI=1S/C8H12ClNO6S/c1-5(11)16-6-3-7(8(12)15-2)10(4-6)17(9,13)14/h6-7H,3-4H2,1-2H3/t6-,7+/m1/s1. The maximum absolute atomic E-state index is 11.4. The number of methoxy groups -OCH3 is 1. The van der Waals surface area contributed by atoms with Crippen molar-refractivity contribution in [3.8, 4) is 0 Å². The van der Waals surface area contributed by atoms with E-state index in [9.17, 15) is 18.0 Å². The predicted octanol–water partition coefficient (Wildman–Crippen LogP) is -0.351. The van der Waals surface area contributed by atoms with Crippen molar-refractivity contribution in [2.45, 2.75) is 25.5 Å². The zero-order chi connectivity index (χ0) is 13.2. The minimum Gasteiger partial charge on any atom is -0.468 e. The number of esters is 2. The fourth-order valence-electron chi connectivity index (χ4n) is 1.68. The van der Waals surface area contributed by atoms with Gasteiger partial charge in [0, 0.05) is 24.0 Å². The molecular weight excluding hydrogens is 274 g/mol. The number of carbonyl (C=O) groups is 2. The van der Waals surface area contributed by atoms with Crippen molar-refractivity contribution in [2.75, 3.05) is 13.7 Å². The first-order valence-electron chi connectivity index (χ1n) is 4.72. The average molecular weight is 286 g/mol. The van der Waals surface area contributed by atoms with E-state index in [2.05, 4.69) is 4.74 Å². The van der Waals surface area contributed by atoms with Crippen molar-refractivity contribution in [3.63, 3.8) is 0 Å². The van der Waals surface area contributed by atoms with Gasteiger partial charge in [-0.1, -0.05) is 0 Å². The summed E-state index contributed by atoms with van der Waals surface area (Å²) >= 11 is 0. The van der Waals surface area contributed by atoms with Crippen LogP contribution in [0.4, 0.5) is 0 Å². The van der Waals surface area contributed by atoms with Crippen LogP contribution in [0, 0.1) is 0 Å². The molecule has 1 aliphatic rings. The van der Waals surface area contributed by atoms with Gasteiger partial charge in [0.05, 0.1) is 13.7 Å². The number of rotatable bonds is 3. The second-order valence-corrected chi connectivity index (χ2v) is 5.98. The summed E-state index contributed by atoms with van der Waals surface area (Å²) < 4.78 is 32.6. The molecule has 1 saturated heterocycles. The van der Waals surface area contributed by atoms with Crippen molar-refractivity contribution in [3.05, 3.63) is 0 Å². The maximum atomic E-state index is 11.4. The third-order valence-electron chi connectivity index (χ3n) is 2.30. The number of hydrogen-bond donors (Lipinski definition) is 0. The summed E-state index contributed by atoms with van der Waals surface area (Å²) in [4.78, 5) is 22.1. The molecule has 0 N–H and O–H groups in total. The van der Waals surface area contributed by atoms with Crippen molar-refractivity contribution in [1.82, 2.24) is 4.31 Å². The fourth-order valence-corrected chi connectivity index (χ4v) is 2.96. The van der Waals surface area contributed by atoms with Crippen LogP contribution in [0.25, 0.3) is 0 Å². The first-order valence-corrected chi connectivity index (χ1v) is 6.98. The van der Waals surface area contributed by atoms with Crippen LogP contribution >= 0.6 is 10.7 Å². The third kappa shape index (κ3) is 3.55. The highest BCUT2D eigenvalue weighted by Gasteiger charge is 2.44. The highest BCUT2D eigenvalue weighted by Crippen LogP contribution is 2.26. The van der Waals surface area contributed by atoms with Gasteiger partial charge < -0.3 is 9.47 Å². The first-order chi connectivity index (χ1) is 7.75. The molecule has 0 unspecified atom stereocenters. The Bertz CT molecular complexity index is 422. The lowest BCUT2D eigenvalue weighted by atomic mass is 10.2. The highest BCUT2D eigenvalue weighted by atomic mass is 35.7. The van der Waals surface area contributed by atoms with Gasteiger partial charge in [-0.3, -0.25) is 9.59 Å². The number of halogens is 1. The molecule has 9 heteroatoms. The lowest BCUT2D eigenvalue weighted by Crippen LogP contribution is -2.38. The molecule has 0 radical (unpaired) electrons. The monoisotopic (exact) mass is 285 g/mol. The SMILES string of the molecule is COC(=O)[C@@H]1C[C@@H](OC(C)=O)CN1S(=O)(=O)Cl. The number of carbonyl (C=O) groups excluding carboxylic acids is 2. The molecule has 2 atom stereocenters. The smallest absolute Gasteiger partial charge is 0.324 e. The average Bonchev–Trinajstić information content (AvgIpc) is 2.59. The zero-order valence-corrected chi connectivity index (χ0v) is 10.8. The van der Waals surface area contributed by atoms with Crippen LogP contribution in [0.3, 0.4) is 0 Å². The minimum atomic E-state index is -4.06. The van der Waals surface area contributed by atoms with E-state index in [-0.39, 0.29) is 13.0 Å². The topological polar surface area (TPSA) is 90.0 Å². The van der Waals surface area contributed by atoms with Gasteiger partial charge in [-0.25, -0.2) is 0 Å². The van der Waals surface area contributed by atoms with Crippen molar-refractivity contribution in [1.29, 1.82) is 0 Å². The van der Waals surface area contributed by atoms with Crippen LogP contribution in [0.2, 0.25) is 0 Å². The van der Waals surface area contributed by atoms with Gasteiger partial charge in [0.1, 0.15) is 12.1 Å². The Morgan fingerprint density at radius 2 is 2.00 bits per heavy atom. The van der Waals surface area contributed by atoms with E-state index in [0.29, 0.717) is 0 Å². The van der Waals surface area contributed by atoms with Crippen LogP contribution in [-0.2, 0) is 28.3 Å². The summed E-state index contributed by atoms with van der Waals surface area (Å²) in [6, 6.07) is -1.05. The molecule has 1 fully saturated rings. The second kappa shape index (κ2) is 5.19. The summed E-state index contributed by atoms with van der Waals surface area (Å²) in [5.74, 6) is -1.28. The summed E-state index contributed by atoms with van der Waals surface area (Å²) in [6.07, 6.45) is -0.650. The van der Waals surface area contributed by atoms with E-state index in [4.69, 9.17) is 15.4 Å². The molecule has 1 rings (SSSR count). The summed E-state index contributed by atoms with van der Waals surface area (Å²) in [6.45, 7) is 1.05. The van der Waals surface area contributed by atoms with E-state index in [1.54, 1.807) is 0 Å². The van der Waals surface area contributed by atoms with Crippen molar-refractivity contribution >= 4 is 31.9 Å². The third-order valence-corrected chi connectivity index (χ3v) is 3.80. The second-order valence-electron chi connectivity index (χ2n) is 3.52. The molecule has 0 saturated carbocycles. The van der Waals surface area contributed by atoms with E-state index < -0.39 is 33.3 Å². The van der Waals surface area contributed by atoms with E-state index in [1.165, 1.54) is 6.92 Å². The number of ether oxygens (including phenoxy) is 2. The van der Waals surface area contributed by atoms with Crippen LogP contribution in [-0.4, -0.2) is 50.5 Å². The van der Waals surface area contributed by atoms with Gasteiger partial charge in [-0.15, -0.1) is 0 Å². The number of hydrogen-bond acceptors (Lipinski definition) is 6. The Balaban J connectivity index is 2.87. The molecule has 0 aliphatic carbocycles. The number of nitrogens with zero attached hydrogens (tertiary/aromatic N) is 1. The molecule has 7 nitrogen and oxygen atoms in total. The molecule has 17 heavy (non-hydrogen) atoms. The molecule has 98 valence electrons.